The Hall–Kier alpha value is -2.41. The Balaban J connectivity index is 1.05. The van der Waals surface area contributed by atoms with Gasteiger partial charge in [-0.15, -0.1) is 0 Å². The summed E-state index contributed by atoms with van der Waals surface area (Å²) in [5.74, 6) is -0.226. The SMILES string of the molecule is O=C1CCc2cc(N3CCC(C(=O)OCC(=O)N4CCN(C5CCC5)CC4)CC3)ccc21. The number of piperazine rings is 1. The number of fused-ring (bicyclic) bond motifs is 1. The number of rotatable bonds is 5. The third kappa shape index (κ3) is 4.40. The number of ether oxygens (including phenoxy) is 1. The molecule has 0 bridgehead atoms. The van der Waals surface area contributed by atoms with Gasteiger partial charge in [0, 0.05) is 63.0 Å². The second kappa shape index (κ2) is 9.22. The van der Waals surface area contributed by atoms with Gasteiger partial charge in [-0.3, -0.25) is 19.3 Å². The predicted octanol–water partition coefficient (Wildman–Crippen LogP) is 2.27. The highest BCUT2D eigenvalue weighted by molar-refractivity contribution is 6.00. The van der Waals surface area contributed by atoms with Crippen molar-refractivity contribution in [2.45, 2.75) is 51.0 Å². The second-order valence-corrected chi connectivity index (χ2v) is 9.64. The molecule has 1 amide bonds. The van der Waals surface area contributed by atoms with Crippen molar-refractivity contribution in [2.75, 3.05) is 50.8 Å². The van der Waals surface area contributed by atoms with Gasteiger partial charge in [-0.05, 0) is 55.9 Å². The Morgan fingerprint density at radius 1 is 0.938 bits per heavy atom. The van der Waals surface area contributed by atoms with Gasteiger partial charge < -0.3 is 14.5 Å². The lowest BCUT2D eigenvalue weighted by Crippen LogP contribution is -2.54. The van der Waals surface area contributed by atoms with Crippen molar-refractivity contribution in [1.82, 2.24) is 9.80 Å². The molecule has 32 heavy (non-hydrogen) atoms. The summed E-state index contributed by atoms with van der Waals surface area (Å²) in [5, 5.41) is 0. The van der Waals surface area contributed by atoms with Crippen molar-refractivity contribution >= 4 is 23.3 Å². The summed E-state index contributed by atoms with van der Waals surface area (Å²) in [6.45, 7) is 4.75. The molecule has 2 heterocycles. The highest BCUT2D eigenvalue weighted by Gasteiger charge is 2.31. The van der Waals surface area contributed by atoms with E-state index in [2.05, 4.69) is 15.9 Å². The molecule has 2 saturated heterocycles. The first-order valence-electron chi connectivity index (χ1n) is 12.2. The Labute approximate surface area is 189 Å². The Kier molecular flexibility index (Phi) is 6.17. The number of hydrogen-bond acceptors (Lipinski definition) is 6. The molecule has 0 atom stereocenters. The van der Waals surface area contributed by atoms with Gasteiger partial charge in [-0.1, -0.05) is 6.42 Å². The molecule has 2 aliphatic carbocycles. The topological polar surface area (TPSA) is 70.2 Å². The molecule has 0 unspecified atom stereocenters. The van der Waals surface area contributed by atoms with Crippen LogP contribution in [-0.2, 0) is 20.7 Å². The number of carbonyl (C=O) groups excluding carboxylic acids is 3. The van der Waals surface area contributed by atoms with Crippen LogP contribution in [0.5, 0.6) is 0 Å². The van der Waals surface area contributed by atoms with Crippen LogP contribution in [0.15, 0.2) is 18.2 Å². The van der Waals surface area contributed by atoms with E-state index in [9.17, 15) is 14.4 Å². The molecule has 0 aromatic heterocycles. The van der Waals surface area contributed by atoms with Crippen molar-refractivity contribution in [3.8, 4) is 0 Å². The number of piperidine rings is 1. The molecule has 1 saturated carbocycles. The summed E-state index contributed by atoms with van der Waals surface area (Å²) in [5.41, 5.74) is 3.13. The number of hydrogen-bond donors (Lipinski definition) is 0. The Morgan fingerprint density at radius 2 is 1.69 bits per heavy atom. The lowest BCUT2D eigenvalue weighted by atomic mass is 9.91. The normalized spacial score (nSPS) is 22.6. The van der Waals surface area contributed by atoms with E-state index >= 15 is 0 Å². The quantitative estimate of drug-likeness (QED) is 0.656. The number of anilines is 1. The van der Waals surface area contributed by atoms with Crippen molar-refractivity contribution in [3.63, 3.8) is 0 Å². The van der Waals surface area contributed by atoms with Gasteiger partial charge in [-0.25, -0.2) is 0 Å². The van der Waals surface area contributed by atoms with Gasteiger partial charge in [0.25, 0.3) is 5.91 Å². The summed E-state index contributed by atoms with van der Waals surface area (Å²) in [6, 6.07) is 6.81. The summed E-state index contributed by atoms with van der Waals surface area (Å²) in [7, 11) is 0. The summed E-state index contributed by atoms with van der Waals surface area (Å²) in [6.07, 6.45) is 6.79. The maximum atomic E-state index is 12.5. The average molecular weight is 440 g/mol. The van der Waals surface area contributed by atoms with Gasteiger partial charge in [0.1, 0.15) is 0 Å². The first-order chi connectivity index (χ1) is 15.6. The molecule has 2 aliphatic heterocycles. The number of benzene rings is 1. The molecule has 7 nitrogen and oxygen atoms in total. The zero-order chi connectivity index (χ0) is 22.1. The molecule has 5 rings (SSSR count). The van der Waals surface area contributed by atoms with Crippen LogP contribution in [-0.4, -0.2) is 79.4 Å². The fourth-order valence-electron chi connectivity index (χ4n) is 5.44. The monoisotopic (exact) mass is 439 g/mol. The molecule has 1 aromatic rings. The number of amides is 1. The fraction of sp³-hybridized carbons (Fsp3) is 0.640. The number of aryl methyl sites for hydroxylation is 1. The molecule has 0 N–H and O–H groups in total. The van der Waals surface area contributed by atoms with Crippen LogP contribution in [0.4, 0.5) is 5.69 Å². The van der Waals surface area contributed by atoms with Crippen LogP contribution in [0.2, 0.25) is 0 Å². The molecule has 0 radical (unpaired) electrons. The minimum Gasteiger partial charge on any atom is -0.455 e. The molecule has 3 fully saturated rings. The highest BCUT2D eigenvalue weighted by Crippen LogP contribution is 2.30. The van der Waals surface area contributed by atoms with E-state index < -0.39 is 0 Å². The van der Waals surface area contributed by atoms with Crippen LogP contribution in [0.3, 0.4) is 0 Å². The third-order valence-electron chi connectivity index (χ3n) is 7.80. The Bertz CT molecular complexity index is 881. The van der Waals surface area contributed by atoms with Crippen molar-refractivity contribution in [3.05, 3.63) is 29.3 Å². The minimum absolute atomic E-state index is 0.0725. The lowest BCUT2D eigenvalue weighted by Gasteiger charge is -2.42. The summed E-state index contributed by atoms with van der Waals surface area (Å²) >= 11 is 0. The van der Waals surface area contributed by atoms with Crippen molar-refractivity contribution < 1.29 is 19.1 Å². The van der Waals surface area contributed by atoms with Gasteiger partial charge in [0.15, 0.2) is 12.4 Å². The molecule has 4 aliphatic rings. The zero-order valence-electron chi connectivity index (χ0n) is 18.8. The number of Topliss-reactive ketones (excluding diaryl/α,β-unsaturated/α-hetero) is 1. The number of ketones is 1. The summed E-state index contributed by atoms with van der Waals surface area (Å²) < 4.78 is 5.42. The number of carbonyl (C=O) groups is 3. The van der Waals surface area contributed by atoms with Gasteiger partial charge in [-0.2, -0.15) is 0 Å². The minimum atomic E-state index is -0.245. The molecule has 0 spiro atoms. The fourth-order valence-corrected chi connectivity index (χ4v) is 5.44. The Morgan fingerprint density at radius 3 is 2.38 bits per heavy atom. The second-order valence-electron chi connectivity index (χ2n) is 9.64. The first kappa shape index (κ1) is 21.4. The third-order valence-corrected chi connectivity index (χ3v) is 7.80. The maximum absolute atomic E-state index is 12.5. The first-order valence-corrected chi connectivity index (χ1v) is 12.2. The van der Waals surface area contributed by atoms with Crippen LogP contribution >= 0.6 is 0 Å². The standard InChI is InChI=1S/C25H33N3O4/c29-23-7-4-19-16-21(5-6-22(19)23)26-10-8-18(9-11-26)25(31)32-17-24(30)28-14-12-27(13-15-28)20-2-1-3-20/h5-6,16,18,20H,1-4,7-15,17H2. The van der Waals surface area contributed by atoms with Crippen LogP contribution in [0.1, 0.15) is 54.4 Å². The average Bonchev–Trinajstić information content (AvgIpc) is 3.17. The highest BCUT2D eigenvalue weighted by atomic mass is 16.5. The van der Waals surface area contributed by atoms with Gasteiger partial charge in [0.2, 0.25) is 0 Å². The zero-order valence-corrected chi connectivity index (χ0v) is 18.8. The largest absolute Gasteiger partial charge is 0.455 e. The number of esters is 1. The molecular formula is C25H33N3O4. The van der Waals surface area contributed by atoms with E-state index in [4.69, 9.17) is 4.74 Å². The van der Waals surface area contributed by atoms with Crippen molar-refractivity contribution in [2.24, 2.45) is 5.92 Å². The van der Waals surface area contributed by atoms with E-state index in [1.54, 1.807) is 0 Å². The van der Waals surface area contributed by atoms with Crippen LogP contribution in [0, 0.1) is 5.92 Å². The molecule has 7 heteroatoms. The molecular weight excluding hydrogens is 406 g/mol. The van der Waals surface area contributed by atoms with E-state index in [1.807, 2.05) is 17.0 Å². The summed E-state index contributed by atoms with van der Waals surface area (Å²) in [4.78, 5) is 43.5. The van der Waals surface area contributed by atoms with Gasteiger partial charge >= 0.3 is 5.97 Å². The predicted molar refractivity (Wildman–Crippen MR) is 121 cm³/mol. The molecule has 1 aromatic carbocycles. The van der Waals surface area contributed by atoms with Gasteiger partial charge in [0.05, 0.1) is 5.92 Å². The van der Waals surface area contributed by atoms with E-state index in [0.717, 1.165) is 81.4 Å². The van der Waals surface area contributed by atoms with E-state index in [-0.39, 0.29) is 30.2 Å². The maximum Gasteiger partial charge on any atom is 0.309 e. The smallest absolute Gasteiger partial charge is 0.309 e. The number of nitrogens with zero attached hydrogens (tertiary/aromatic N) is 3. The van der Waals surface area contributed by atoms with E-state index in [0.29, 0.717) is 6.42 Å². The van der Waals surface area contributed by atoms with Crippen LogP contribution in [0.25, 0.3) is 0 Å². The van der Waals surface area contributed by atoms with Crippen molar-refractivity contribution in [1.29, 1.82) is 0 Å². The lowest BCUT2D eigenvalue weighted by molar-refractivity contribution is -0.156. The molecule has 172 valence electrons. The van der Waals surface area contributed by atoms with Crippen LogP contribution < -0.4 is 4.90 Å². The van der Waals surface area contributed by atoms with E-state index in [1.165, 1.54) is 19.3 Å².